The van der Waals surface area contributed by atoms with E-state index in [2.05, 4.69) is 4.72 Å². The summed E-state index contributed by atoms with van der Waals surface area (Å²) in [6.45, 7) is 1.66. The molecule has 4 nitrogen and oxygen atoms in total. The Hall–Kier alpha value is -2.08. The van der Waals surface area contributed by atoms with Crippen molar-refractivity contribution in [2.75, 3.05) is 4.72 Å². The van der Waals surface area contributed by atoms with Gasteiger partial charge in [0.25, 0.3) is 10.0 Å². The fourth-order valence-corrected chi connectivity index (χ4v) is 2.63. The van der Waals surface area contributed by atoms with E-state index < -0.39 is 15.8 Å². The molecule has 0 saturated carbocycles. The third-order valence-corrected chi connectivity index (χ3v) is 3.99. The van der Waals surface area contributed by atoms with Crippen molar-refractivity contribution in [1.82, 2.24) is 0 Å². The lowest BCUT2D eigenvalue weighted by Gasteiger charge is -2.10. The number of para-hydroxylation sites is 1. The van der Waals surface area contributed by atoms with Gasteiger partial charge in [0, 0.05) is 0 Å². The Balaban J connectivity index is 2.36. The minimum absolute atomic E-state index is 0.0743. The quantitative estimate of drug-likeness (QED) is 0.850. The molecule has 2 aromatic carbocycles. The number of aryl methyl sites for hydroxylation is 1. The highest BCUT2D eigenvalue weighted by molar-refractivity contribution is 7.92. The molecule has 0 unspecified atom stereocenters. The van der Waals surface area contributed by atoms with E-state index in [9.17, 15) is 17.9 Å². The first-order chi connectivity index (χ1) is 8.90. The fourth-order valence-electron chi connectivity index (χ4n) is 1.56. The van der Waals surface area contributed by atoms with E-state index in [1.54, 1.807) is 19.1 Å². The van der Waals surface area contributed by atoms with Gasteiger partial charge in [-0.2, -0.15) is 0 Å². The first-order valence-corrected chi connectivity index (χ1v) is 6.95. The van der Waals surface area contributed by atoms with E-state index in [1.165, 1.54) is 6.07 Å². The number of phenols is 1. The van der Waals surface area contributed by atoms with Gasteiger partial charge in [-0.3, -0.25) is 4.72 Å². The predicted octanol–water partition coefficient (Wildman–Crippen LogP) is 2.64. The fraction of sp³-hybridized carbons (Fsp3) is 0.0769. The van der Waals surface area contributed by atoms with Crippen molar-refractivity contribution in [2.45, 2.75) is 11.8 Å². The second kappa shape index (κ2) is 4.89. The van der Waals surface area contributed by atoms with Crippen LogP contribution >= 0.6 is 0 Å². The molecule has 0 aromatic heterocycles. The highest BCUT2D eigenvalue weighted by atomic mass is 32.2. The van der Waals surface area contributed by atoms with Crippen molar-refractivity contribution in [3.05, 3.63) is 53.8 Å². The Morgan fingerprint density at radius 1 is 1.11 bits per heavy atom. The lowest BCUT2D eigenvalue weighted by atomic mass is 10.2. The molecule has 0 saturated heterocycles. The molecule has 2 N–H and O–H groups in total. The predicted molar refractivity (Wildman–Crippen MR) is 70.1 cm³/mol. The van der Waals surface area contributed by atoms with Crippen molar-refractivity contribution in [3.63, 3.8) is 0 Å². The van der Waals surface area contributed by atoms with Gasteiger partial charge < -0.3 is 5.11 Å². The molecule has 0 bridgehead atoms. The maximum absolute atomic E-state index is 12.8. The molecule has 0 fully saturated rings. The number of halogens is 1. The number of phenolic OH excluding ortho intramolecular Hbond substituents is 1. The van der Waals surface area contributed by atoms with Crippen LogP contribution in [0.2, 0.25) is 0 Å². The van der Waals surface area contributed by atoms with Crippen LogP contribution in [0.5, 0.6) is 5.75 Å². The van der Waals surface area contributed by atoms with E-state index in [-0.39, 0.29) is 16.3 Å². The number of hydrogen-bond acceptors (Lipinski definition) is 3. The molecule has 0 aliphatic carbocycles. The smallest absolute Gasteiger partial charge is 0.262 e. The lowest BCUT2D eigenvalue weighted by Crippen LogP contribution is -2.13. The molecular formula is C13H12FNO3S. The number of benzene rings is 2. The van der Waals surface area contributed by atoms with Gasteiger partial charge in [-0.1, -0.05) is 12.1 Å². The van der Waals surface area contributed by atoms with Crippen molar-refractivity contribution in [2.24, 2.45) is 0 Å². The Morgan fingerprint density at radius 2 is 1.74 bits per heavy atom. The number of anilines is 1. The Kier molecular flexibility index (Phi) is 3.44. The van der Waals surface area contributed by atoms with Crippen LogP contribution in [0, 0.1) is 12.7 Å². The molecule has 0 heterocycles. The summed E-state index contributed by atoms with van der Waals surface area (Å²) in [6, 6.07) is 9.16. The summed E-state index contributed by atoms with van der Waals surface area (Å²) in [6.07, 6.45) is 0. The molecular weight excluding hydrogens is 269 g/mol. The molecule has 19 heavy (non-hydrogen) atoms. The first-order valence-electron chi connectivity index (χ1n) is 5.47. The third-order valence-electron chi connectivity index (χ3n) is 2.61. The molecule has 2 rings (SSSR count). The molecule has 0 aliphatic rings. The van der Waals surface area contributed by atoms with Crippen molar-refractivity contribution >= 4 is 15.7 Å². The Morgan fingerprint density at radius 3 is 2.37 bits per heavy atom. The summed E-state index contributed by atoms with van der Waals surface area (Å²) in [4.78, 5) is -0.0743. The van der Waals surface area contributed by atoms with Gasteiger partial charge in [-0.05, 0) is 42.8 Å². The minimum Gasteiger partial charge on any atom is -0.505 e. The Labute approximate surface area is 110 Å². The number of nitrogens with one attached hydrogen (secondary N) is 1. The number of hydrogen-bond donors (Lipinski definition) is 2. The lowest BCUT2D eigenvalue weighted by molar-refractivity contribution is 0.473. The average molecular weight is 281 g/mol. The molecule has 100 valence electrons. The summed E-state index contributed by atoms with van der Waals surface area (Å²) in [5.41, 5.74) is 0.642. The van der Waals surface area contributed by atoms with E-state index in [0.29, 0.717) is 5.56 Å². The van der Waals surface area contributed by atoms with Gasteiger partial charge >= 0.3 is 0 Å². The third kappa shape index (κ3) is 2.85. The van der Waals surface area contributed by atoms with Crippen LogP contribution in [0.4, 0.5) is 10.1 Å². The van der Waals surface area contributed by atoms with Crippen molar-refractivity contribution in [1.29, 1.82) is 0 Å². The van der Waals surface area contributed by atoms with Crippen LogP contribution in [-0.4, -0.2) is 13.5 Å². The monoisotopic (exact) mass is 281 g/mol. The summed E-state index contributed by atoms with van der Waals surface area (Å²) in [7, 11) is -3.85. The molecule has 6 heteroatoms. The molecule has 0 radical (unpaired) electrons. The number of aromatic hydroxyl groups is 1. The average Bonchev–Trinajstić information content (AvgIpc) is 2.35. The molecule has 0 spiro atoms. The largest absolute Gasteiger partial charge is 0.505 e. The second-order valence-electron chi connectivity index (χ2n) is 4.03. The number of sulfonamides is 1. The van der Waals surface area contributed by atoms with Crippen LogP contribution in [0.1, 0.15) is 5.56 Å². The number of rotatable bonds is 3. The topological polar surface area (TPSA) is 66.4 Å². The first kappa shape index (κ1) is 13.4. The summed E-state index contributed by atoms with van der Waals surface area (Å²) in [5.74, 6) is -0.648. The van der Waals surface area contributed by atoms with Crippen LogP contribution < -0.4 is 4.72 Å². The zero-order chi connectivity index (χ0) is 14.0. The summed E-state index contributed by atoms with van der Waals surface area (Å²) >= 11 is 0. The van der Waals surface area contributed by atoms with Crippen molar-refractivity contribution < 1.29 is 17.9 Å². The van der Waals surface area contributed by atoms with Gasteiger partial charge in [0.2, 0.25) is 0 Å². The minimum atomic E-state index is -3.85. The van der Waals surface area contributed by atoms with Gasteiger partial charge in [-0.25, -0.2) is 12.8 Å². The van der Waals surface area contributed by atoms with E-state index in [1.807, 2.05) is 0 Å². The highest BCUT2D eigenvalue weighted by Crippen LogP contribution is 2.28. The van der Waals surface area contributed by atoms with Crippen LogP contribution in [-0.2, 0) is 10.0 Å². The summed E-state index contributed by atoms with van der Waals surface area (Å²) < 4.78 is 39.1. The maximum Gasteiger partial charge on any atom is 0.262 e. The molecule has 0 amide bonds. The standard InChI is InChI=1S/C13H12FNO3S/c1-9-3-2-4-12(13(9)16)15-19(17,18)11-7-5-10(14)6-8-11/h2-8,15-16H,1H3. The Bertz CT molecular complexity index is 696. The maximum atomic E-state index is 12.8. The zero-order valence-corrected chi connectivity index (χ0v) is 10.9. The summed E-state index contributed by atoms with van der Waals surface area (Å²) in [5, 5.41) is 9.76. The zero-order valence-electron chi connectivity index (χ0n) is 10.1. The van der Waals surface area contributed by atoms with Gasteiger partial charge in [0.15, 0.2) is 0 Å². The molecule has 0 atom stereocenters. The van der Waals surface area contributed by atoms with E-state index >= 15 is 0 Å². The van der Waals surface area contributed by atoms with E-state index in [4.69, 9.17) is 0 Å². The van der Waals surface area contributed by atoms with Crippen LogP contribution in [0.3, 0.4) is 0 Å². The van der Waals surface area contributed by atoms with E-state index in [0.717, 1.165) is 24.3 Å². The van der Waals surface area contributed by atoms with Crippen molar-refractivity contribution in [3.8, 4) is 5.75 Å². The SMILES string of the molecule is Cc1cccc(NS(=O)(=O)c2ccc(F)cc2)c1O. The normalized spacial score (nSPS) is 11.3. The van der Waals surface area contributed by atoms with Gasteiger partial charge in [-0.15, -0.1) is 0 Å². The van der Waals surface area contributed by atoms with Crippen LogP contribution in [0.15, 0.2) is 47.4 Å². The molecule has 0 aliphatic heterocycles. The molecule has 2 aromatic rings. The van der Waals surface area contributed by atoms with Gasteiger partial charge in [0.1, 0.15) is 11.6 Å². The highest BCUT2D eigenvalue weighted by Gasteiger charge is 2.16. The second-order valence-corrected chi connectivity index (χ2v) is 5.71. The van der Waals surface area contributed by atoms with Crippen LogP contribution in [0.25, 0.3) is 0 Å². The van der Waals surface area contributed by atoms with Gasteiger partial charge in [0.05, 0.1) is 10.6 Å².